The summed E-state index contributed by atoms with van der Waals surface area (Å²) in [6.45, 7) is 0.319. The van der Waals surface area contributed by atoms with Crippen LogP contribution in [0.15, 0.2) is 66.7 Å². The Bertz CT molecular complexity index is 1330. The number of carbonyl (C=O) groups is 2. The van der Waals surface area contributed by atoms with Gasteiger partial charge in [-0.2, -0.15) is 0 Å². The number of para-hydroxylation sites is 1. The van der Waals surface area contributed by atoms with Gasteiger partial charge in [-0.3, -0.25) is 10.1 Å². The number of rotatable bonds is 4. The first-order valence-electron chi connectivity index (χ1n) is 9.42. The van der Waals surface area contributed by atoms with Crippen LogP contribution in [0.1, 0.15) is 15.9 Å². The molecule has 4 rings (SSSR count). The van der Waals surface area contributed by atoms with Crippen molar-refractivity contribution in [2.75, 3.05) is 5.32 Å². The second-order valence-electron chi connectivity index (χ2n) is 6.92. The lowest BCUT2D eigenvalue weighted by molar-refractivity contribution is 0.0968. The molecule has 162 valence electrons. The average Bonchev–Trinajstić information content (AvgIpc) is 3.03. The van der Waals surface area contributed by atoms with E-state index in [1.807, 2.05) is 12.1 Å². The zero-order valence-electron chi connectivity index (χ0n) is 16.3. The molecular formula is C23H15Cl4N3O2. The van der Waals surface area contributed by atoms with Crippen LogP contribution in [-0.4, -0.2) is 16.5 Å². The Kier molecular flexibility index (Phi) is 6.63. The Morgan fingerprint density at radius 2 is 1.53 bits per heavy atom. The van der Waals surface area contributed by atoms with Crippen molar-refractivity contribution in [2.45, 2.75) is 6.54 Å². The fraction of sp³-hybridized carbons (Fsp3) is 0.0435. The van der Waals surface area contributed by atoms with Crippen LogP contribution in [-0.2, 0) is 6.54 Å². The summed E-state index contributed by atoms with van der Waals surface area (Å²) < 4.78 is 1.76. The third-order valence-electron chi connectivity index (χ3n) is 4.81. The highest BCUT2D eigenvalue weighted by Crippen LogP contribution is 2.32. The lowest BCUT2D eigenvalue weighted by atomic mass is 10.1. The summed E-state index contributed by atoms with van der Waals surface area (Å²) in [5.74, 6) is -0.626. The summed E-state index contributed by atoms with van der Waals surface area (Å²) >= 11 is 24.8. The maximum Gasteiger partial charge on any atom is 0.326 e. The predicted molar refractivity (Wildman–Crippen MR) is 130 cm³/mol. The molecular weight excluding hydrogens is 492 g/mol. The van der Waals surface area contributed by atoms with Gasteiger partial charge in [0.05, 0.1) is 17.6 Å². The van der Waals surface area contributed by atoms with Crippen LogP contribution in [0.2, 0.25) is 20.2 Å². The maximum absolute atomic E-state index is 13.0. The molecule has 0 aliphatic heterocycles. The first-order valence-corrected chi connectivity index (χ1v) is 10.9. The van der Waals surface area contributed by atoms with E-state index in [1.165, 1.54) is 0 Å². The van der Waals surface area contributed by atoms with E-state index >= 15 is 0 Å². The van der Waals surface area contributed by atoms with E-state index in [1.54, 1.807) is 59.2 Å². The Morgan fingerprint density at radius 1 is 0.844 bits per heavy atom. The fourth-order valence-electron chi connectivity index (χ4n) is 3.32. The summed E-state index contributed by atoms with van der Waals surface area (Å²) in [5.41, 5.74) is 2.20. The molecule has 0 unspecified atom stereocenters. The van der Waals surface area contributed by atoms with Gasteiger partial charge in [-0.05, 0) is 48.0 Å². The minimum atomic E-state index is -0.689. The molecule has 0 bridgehead atoms. The zero-order valence-corrected chi connectivity index (χ0v) is 19.4. The fourth-order valence-corrected chi connectivity index (χ4v) is 4.26. The smallest absolute Gasteiger partial charge is 0.326 e. The molecule has 2 N–H and O–H groups in total. The van der Waals surface area contributed by atoms with Gasteiger partial charge in [-0.1, -0.05) is 70.7 Å². The molecule has 0 aliphatic rings. The van der Waals surface area contributed by atoms with Gasteiger partial charge in [-0.25, -0.2) is 4.79 Å². The number of fused-ring (bicyclic) bond motifs is 1. The van der Waals surface area contributed by atoms with Crippen molar-refractivity contribution in [3.05, 3.63) is 98.1 Å². The molecule has 9 heteroatoms. The van der Waals surface area contributed by atoms with Crippen LogP contribution in [0.4, 0.5) is 10.5 Å². The third-order valence-corrected chi connectivity index (χ3v) is 6.04. The molecule has 3 aromatic carbocycles. The van der Waals surface area contributed by atoms with Gasteiger partial charge >= 0.3 is 6.03 Å². The van der Waals surface area contributed by atoms with Crippen LogP contribution >= 0.6 is 46.4 Å². The number of hydrogen-bond acceptors (Lipinski definition) is 2. The molecule has 0 saturated heterocycles. The van der Waals surface area contributed by atoms with Gasteiger partial charge in [0.25, 0.3) is 5.91 Å². The van der Waals surface area contributed by atoms with Crippen molar-refractivity contribution in [3.8, 4) is 0 Å². The van der Waals surface area contributed by atoms with Gasteiger partial charge in [0.15, 0.2) is 0 Å². The van der Waals surface area contributed by atoms with Gasteiger partial charge in [-0.15, -0.1) is 0 Å². The lowest BCUT2D eigenvalue weighted by Crippen LogP contribution is -2.34. The van der Waals surface area contributed by atoms with Crippen molar-refractivity contribution < 1.29 is 9.59 Å². The van der Waals surface area contributed by atoms with Crippen LogP contribution in [0.25, 0.3) is 10.9 Å². The minimum absolute atomic E-state index is 0.189. The maximum atomic E-state index is 13.0. The molecule has 0 saturated carbocycles. The topological polar surface area (TPSA) is 63.1 Å². The Labute approximate surface area is 203 Å². The molecule has 1 heterocycles. The van der Waals surface area contributed by atoms with Crippen molar-refractivity contribution >= 4 is 74.9 Å². The van der Waals surface area contributed by atoms with Crippen LogP contribution < -0.4 is 10.6 Å². The van der Waals surface area contributed by atoms with E-state index in [0.29, 0.717) is 32.7 Å². The Balaban J connectivity index is 1.63. The number of benzene rings is 3. The van der Waals surface area contributed by atoms with Gasteiger partial charge in [0.1, 0.15) is 5.15 Å². The number of anilines is 1. The first kappa shape index (κ1) is 22.5. The lowest BCUT2D eigenvalue weighted by Gasteiger charge is -2.10. The molecule has 0 aliphatic carbocycles. The SMILES string of the molecule is O=C(NC(=O)c1c(Cl)n(Cc2ccc(Cl)cc2Cl)c2ccccc12)Nc1ccc(Cl)cc1. The largest absolute Gasteiger partial charge is 0.326 e. The molecule has 3 amide bonds. The minimum Gasteiger partial charge on any atom is -0.326 e. The van der Waals surface area contributed by atoms with E-state index in [4.69, 9.17) is 46.4 Å². The molecule has 0 radical (unpaired) electrons. The quantitative estimate of drug-likeness (QED) is 0.305. The van der Waals surface area contributed by atoms with Gasteiger partial charge in [0.2, 0.25) is 0 Å². The molecule has 5 nitrogen and oxygen atoms in total. The van der Waals surface area contributed by atoms with Crippen LogP contribution in [0.3, 0.4) is 0 Å². The van der Waals surface area contributed by atoms with Crippen molar-refractivity contribution in [2.24, 2.45) is 0 Å². The van der Waals surface area contributed by atoms with Crippen molar-refractivity contribution in [1.82, 2.24) is 9.88 Å². The number of amides is 3. The van der Waals surface area contributed by atoms with E-state index < -0.39 is 11.9 Å². The molecule has 1 aromatic heterocycles. The summed E-state index contributed by atoms with van der Waals surface area (Å²) in [4.78, 5) is 25.3. The average molecular weight is 507 g/mol. The van der Waals surface area contributed by atoms with Crippen LogP contribution in [0, 0.1) is 0 Å². The van der Waals surface area contributed by atoms with Gasteiger partial charge < -0.3 is 9.88 Å². The summed E-state index contributed by atoms with van der Waals surface area (Å²) in [6, 6.07) is 18.3. The molecule has 0 atom stereocenters. The number of carbonyl (C=O) groups excluding carboxylic acids is 2. The highest BCUT2D eigenvalue weighted by atomic mass is 35.5. The molecule has 32 heavy (non-hydrogen) atoms. The second-order valence-corrected chi connectivity index (χ2v) is 8.56. The summed E-state index contributed by atoms with van der Waals surface area (Å²) in [6.07, 6.45) is 0. The number of halogens is 4. The number of nitrogens with zero attached hydrogens (tertiary/aromatic N) is 1. The summed E-state index contributed by atoms with van der Waals surface area (Å²) in [5, 5.41) is 7.25. The normalized spacial score (nSPS) is 10.9. The van der Waals surface area contributed by atoms with Crippen molar-refractivity contribution in [1.29, 1.82) is 0 Å². The standard InChI is InChI=1S/C23H15Cl4N3O2/c24-14-7-9-16(10-8-14)28-23(32)29-22(31)20-17-3-1-2-4-19(17)30(21(20)27)12-13-5-6-15(25)11-18(13)26/h1-11H,12H2,(H2,28,29,31,32). The van der Waals surface area contributed by atoms with E-state index in [2.05, 4.69) is 10.6 Å². The number of nitrogens with one attached hydrogen (secondary N) is 2. The Morgan fingerprint density at radius 3 is 2.25 bits per heavy atom. The summed E-state index contributed by atoms with van der Waals surface area (Å²) in [7, 11) is 0. The number of urea groups is 1. The van der Waals surface area contributed by atoms with E-state index in [9.17, 15) is 9.59 Å². The number of aromatic nitrogens is 1. The van der Waals surface area contributed by atoms with E-state index in [-0.39, 0.29) is 10.7 Å². The zero-order chi connectivity index (χ0) is 22.8. The Hall–Kier alpha value is -2.70. The highest BCUT2D eigenvalue weighted by Gasteiger charge is 2.23. The first-order chi connectivity index (χ1) is 15.3. The molecule has 0 fully saturated rings. The molecule has 4 aromatic rings. The monoisotopic (exact) mass is 505 g/mol. The number of hydrogen-bond donors (Lipinski definition) is 2. The van der Waals surface area contributed by atoms with Crippen molar-refractivity contribution in [3.63, 3.8) is 0 Å². The highest BCUT2D eigenvalue weighted by molar-refractivity contribution is 6.36. The third kappa shape index (κ3) is 4.71. The van der Waals surface area contributed by atoms with Gasteiger partial charge in [0, 0.05) is 26.1 Å². The second kappa shape index (κ2) is 9.43. The van der Waals surface area contributed by atoms with E-state index in [0.717, 1.165) is 11.1 Å². The predicted octanol–water partition coefficient (Wildman–Crippen LogP) is 7.27. The molecule has 0 spiro atoms. The van der Waals surface area contributed by atoms with Crippen LogP contribution in [0.5, 0.6) is 0 Å². The number of imide groups is 1.